The van der Waals surface area contributed by atoms with Gasteiger partial charge in [-0.25, -0.2) is 4.98 Å². The molecule has 1 aromatic heterocycles. The van der Waals surface area contributed by atoms with Gasteiger partial charge in [-0.05, 0) is 29.8 Å². The Labute approximate surface area is 104 Å². The van der Waals surface area contributed by atoms with Gasteiger partial charge < -0.3 is 5.73 Å². The number of nitrogen functional groups attached to an aromatic ring is 1. The van der Waals surface area contributed by atoms with E-state index in [0.717, 1.165) is 16.2 Å². The molecule has 1 aromatic carbocycles. The molecule has 0 spiro atoms. The largest absolute Gasteiger partial charge is 0.384 e. The van der Waals surface area contributed by atoms with Crippen molar-refractivity contribution in [2.75, 3.05) is 5.73 Å². The van der Waals surface area contributed by atoms with Crippen molar-refractivity contribution in [2.24, 2.45) is 0 Å². The number of anilines is 1. The van der Waals surface area contributed by atoms with Crippen LogP contribution >= 0.6 is 11.8 Å². The van der Waals surface area contributed by atoms with E-state index in [2.05, 4.69) is 11.1 Å². The topological polar surface area (TPSA) is 62.7 Å². The molecule has 1 heterocycles. The average molecular weight is 241 g/mol. The molecule has 2 aromatic rings. The lowest BCUT2D eigenvalue weighted by atomic mass is 10.2. The second-order valence-corrected chi connectivity index (χ2v) is 4.57. The molecule has 0 fully saturated rings. The minimum absolute atomic E-state index is 0.529. The predicted molar refractivity (Wildman–Crippen MR) is 69.4 cm³/mol. The first-order valence-corrected chi connectivity index (χ1v) is 6.10. The third-order valence-electron chi connectivity index (χ3n) is 2.22. The second-order valence-electron chi connectivity index (χ2n) is 3.52. The summed E-state index contributed by atoms with van der Waals surface area (Å²) < 4.78 is 0. The highest BCUT2D eigenvalue weighted by Crippen LogP contribution is 2.22. The van der Waals surface area contributed by atoms with Crippen molar-refractivity contribution < 1.29 is 0 Å². The van der Waals surface area contributed by atoms with E-state index in [-0.39, 0.29) is 0 Å². The van der Waals surface area contributed by atoms with E-state index in [1.807, 2.05) is 24.3 Å². The van der Waals surface area contributed by atoms with Gasteiger partial charge in [0, 0.05) is 16.8 Å². The van der Waals surface area contributed by atoms with Gasteiger partial charge in [-0.15, -0.1) is 11.8 Å². The number of nitriles is 1. The summed E-state index contributed by atoms with van der Waals surface area (Å²) in [6.07, 6.45) is 1.76. The van der Waals surface area contributed by atoms with Crippen LogP contribution in [0.2, 0.25) is 0 Å². The first kappa shape index (κ1) is 11.5. The number of nitrogens with zero attached hydrogens (tertiary/aromatic N) is 2. The number of thioether (sulfide) groups is 1. The van der Waals surface area contributed by atoms with Crippen molar-refractivity contribution in [1.29, 1.82) is 5.26 Å². The minimum atomic E-state index is 0.529. The van der Waals surface area contributed by atoms with Crippen LogP contribution in [0.4, 0.5) is 5.82 Å². The highest BCUT2D eigenvalue weighted by atomic mass is 32.2. The van der Waals surface area contributed by atoms with Crippen LogP contribution in [0, 0.1) is 11.3 Å². The quantitative estimate of drug-likeness (QED) is 0.839. The van der Waals surface area contributed by atoms with Crippen LogP contribution in [-0.2, 0) is 5.75 Å². The van der Waals surface area contributed by atoms with Crippen LogP contribution < -0.4 is 5.73 Å². The Morgan fingerprint density at radius 2 is 2.18 bits per heavy atom. The van der Waals surface area contributed by atoms with Crippen molar-refractivity contribution in [2.45, 2.75) is 10.6 Å². The van der Waals surface area contributed by atoms with E-state index in [9.17, 15) is 0 Å². The third kappa shape index (κ3) is 3.23. The predicted octanol–water partition coefficient (Wildman–Crippen LogP) is 2.83. The molecule has 3 nitrogen and oxygen atoms in total. The van der Waals surface area contributed by atoms with Gasteiger partial charge >= 0.3 is 0 Å². The Hall–Kier alpha value is -1.99. The molecule has 0 aliphatic heterocycles. The molecule has 0 bridgehead atoms. The molecular formula is C13H11N3S. The third-order valence-corrected chi connectivity index (χ3v) is 3.27. The smallest absolute Gasteiger partial charge is 0.123 e. The average Bonchev–Trinajstić information content (AvgIpc) is 2.38. The Morgan fingerprint density at radius 3 is 2.88 bits per heavy atom. The van der Waals surface area contributed by atoms with Gasteiger partial charge in [-0.2, -0.15) is 5.26 Å². The number of pyridine rings is 1. The summed E-state index contributed by atoms with van der Waals surface area (Å²) >= 11 is 1.67. The first-order valence-electron chi connectivity index (χ1n) is 5.11. The van der Waals surface area contributed by atoms with Crippen LogP contribution in [0.3, 0.4) is 0 Å². The highest BCUT2D eigenvalue weighted by Gasteiger charge is 1.98. The summed E-state index contributed by atoms with van der Waals surface area (Å²) in [5.41, 5.74) is 7.34. The SMILES string of the molecule is N#Cc1cccc(CSc2ccc(N)nc2)c1. The van der Waals surface area contributed by atoms with E-state index in [1.165, 1.54) is 0 Å². The van der Waals surface area contributed by atoms with Crippen molar-refractivity contribution in [1.82, 2.24) is 4.98 Å². The summed E-state index contributed by atoms with van der Waals surface area (Å²) in [6, 6.07) is 13.5. The van der Waals surface area contributed by atoms with Crippen LogP contribution in [0.15, 0.2) is 47.5 Å². The minimum Gasteiger partial charge on any atom is -0.384 e. The molecule has 0 atom stereocenters. The van der Waals surface area contributed by atoms with Crippen LogP contribution in [0.25, 0.3) is 0 Å². The lowest BCUT2D eigenvalue weighted by Crippen LogP contribution is -1.88. The summed E-state index contributed by atoms with van der Waals surface area (Å²) in [5, 5.41) is 8.80. The Balaban J connectivity index is 2.02. The standard InChI is InChI=1S/C13H11N3S/c14-7-10-2-1-3-11(6-10)9-17-12-4-5-13(15)16-8-12/h1-6,8H,9H2,(H2,15,16). The summed E-state index contributed by atoms with van der Waals surface area (Å²) in [6.45, 7) is 0. The van der Waals surface area contributed by atoms with Gasteiger partial charge in [-0.1, -0.05) is 12.1 Å². The molecular weight excluding hydrogens is 230 g/mol. The van der Waals surface area contributed by atoms with E-state index in [1.54, 1.807) is 30.1 Å². The molecule has 2 rings (SSSR count). The fourth-order valence-corrected chi connectivity index (χ4v) is 2.18. The maximum Gasteiger partial charge on any atom is 0.123 e. The lowest BCUT2D eigenvalue weighted by molar-refractivity contribution is 1.24. The molecule has 0 saturated heterocycles. The molecule has 0 amide bonds. The molecule has 17 heavy (non-hydrogen) atoms. The Kier molecular flexibility index (Phi) is 3.63. The van der Waals surface area contributed by atoms with E-state index in [0.29, 0.717) is 11.4 Å². The van der Waals surface area contributed by atoms with Crippen molar-refractivity contribution in [3.8, 4) is 6.07 Å². The number of benzene rings is 1. The number of nitrogens with two attached hydrogens (primary N) is 1. The van der Waals surface area contributed by atoms with E-state index >= 15 is 0 Å². The van der Waals surface area contributed by atoms with Crippen molar-refractivity contribution in [3.05, 3.63) is 53.7 Å². The van der Waals surface area contributed by atoms with Gasteiger partial charge in [0.1, 0.15) is 5.82 Å². The lowest BCUT2D eigenvalue weighted by Gasteiger charge is -2.02. The number of rotatable bonds is 3. The number of hydrogen-bond acceptors (Lipinski definition) is 4. The maximum absolute atomic E-state index is 8.80. The normalized spacial score (nSPS) is 9.82. The summed E-state index contributed by atoms with van der Waals surface area (Å²) in [5.74, 6) is 1.35. The number of hydrogen-bond donors (Lipinski definition) is 1. The highest BCUT2D eigenvalue weighted by molar-refractivity contribution is 7.98. The van der Waals surface area contributed by atoms with Crippen LogP contribution in [0.1, 0.15) is 11.1 Å². The summed E-state index contributed by atoms with van der Waals surface area (Å²) in [7, 11) is 0. The van der Waals surface area contributed by atoms with Crippen LogP contribution in [0.5, 0.6) is 0 Å². The molecule has 0 aliphatic rings. The fraction of sp³-hybridized carbons (Fsp3) is 0.0769. The molecule has 84 valence electrons. The molecule has 0 aliphatic carbocycles. The zero-order chi connectivity index (χ0) is 12.1. The second kappa shape index (κ2) is 5.37. The summed E-state index contributed by atoms with van der Waals surface area (Å²) in [4.78, 5) is 5.10. The zero-order valence-electron chi connectivity index (χ0n) is 9.13. The monoisotopic (exact) mass is 241 g/mol. The molecule has 0 radical (unpaired) electrons. The molecule has 0 unspecified atom stereocenters. The molecule has 4 heteroatoms. The Bertz CT molecular complexity index is 543. The van der Waals surface area contributed by atoms with E-state index < -0.39 is 0 Å². The zero-order valence-corrected chi connectivity index (χ0v) is 9.95. The van der Waals surface area contributed by atoms with Gasteiger partial charge in [-0.3, -0.25) is 0 Å². The molecule has 0 saturated carbocycles. The van der Waals surface area contributed by atoms with Gasteiger partial charge in [0.2, 0.25) is 0 Å². The van der Waals surface area contributed by atoms with Crippen molar-refractivity contribution in [3.63, 3.8) is 0 Å². The maximum atomic E-state index is 8.80. The number of aromatic nitrogens is 1. The van der Waals surface area contributed by atoms with Crippen molar-refractivity contribution >= 4 is 17.6 Å². The molecule has 2 N–H and O–H groups in total. The Morgan fingerprint density at radius 1 is 1.29 bits per heavy atom. The van der Waals surface area contributed by atoms with Gasteiger partial charge in [0.15, 0.2) is 0 Å². The van der Waals surface area contributed by atoms with E-state index in [4.69, 9.17) is 11.0 Å². The fourth-order valence-electron chi connectivity index (χ4n) is 1.37. The van der Waals surface area contributed by atoms with Gasteiger partial charge in [0.25, 0.3) is 0 Å². The van der Waals surface area contributed by atoms with Gasteiger partial charge in [0.05, 0.1) is 11.6 Å². The first-order chi connectivity index (χ1) is 8.28. The van der Waals surface area contributed by atoms with Crippen LogP contribution in [-0.4, -0.2) is 4.98 Å².